The lowest BCUT2D eigenvalue weighted by molar-refractivity contribution is 0.242. The lowest BCUT2D eigenvalue weighted by atomic mass is 10.1. The van der Waals surface area contributed by atoms with Crippen molar-refractivity contribution in [2.45, 2.75) is 50.6 Å². The Labute approximate surface area is 122 Å². The molecule has 0 spiro atoms. The molecule has 1 atom stereocenters. The second kappa shape index (κ2) is 6.15. The maximum absolute atomic E-state index is 9.87. The summed E-state index contributed by atoms with van der Waals surface area (Å²) in [7, 11) is 2.26. The molecule has 20 heavy (non-hydrogen) atoms. The van der Waals surface area contributed by atoms with Gasteiger partial charge in [-0.1, -0.05) is 25.0 Å². The molecule has 2 N–H and O–H groups in total. The van der Waals surface area contributed by atoms with Crippen LogP contribution in [0.3, 0.4) is 0 Å². The van der Waals surface area contributed by atoms with Crippen LogP contribution in [0.15, 0.2) is 18.2 Å². The summed E-state index contributed by atoms with van der Waals surface area (Å²) >= 11 is 0. The van der Waals surface area contributed by atoms with Gasteiger partial charge in [-0.05, 0) is 49.9 Å². The third kappa shape index (κ3) is 2.84. The lowest BCUT2D eigenvalue weighted by Gasteiger charge is -2.25. The molecule has 0 radical (unpaired) electrons. The smallest absolute Gasteiger partial charge is 0.119 e. The number of nitrogens with one attached hydrogen (secondary N) is 1. The first-order chi connectivity index (χ1) is 9.75. The summed E-state index contributed by atoms with van der Waals surface area (Å²) in [6.07, 6.45) is 7.65. The molecule has 0 saturated heterocycles. The topological polar surface area (TPSA) is 35.5 Å². The van der Waals surface area contributed by atoms with Crippen molar-refractivity contribution in [3.05, 3.63) is 29.3 Å². The molecule has 0 aromatic heterocycles. The van der Waals surface area contributed by atoms with Crippen molar-refractivity contribution in [1.29, 1.82) is 0 Å². The van der Waals surface area contributed by atoms with Crippen molar-refractivity contribution >= 4 is 0 Å². The second-order valence-corrected chi connectivity index (χ2v) is 6.31. The third-order valence-corrected chi connectivity index (χ3v) is 5.05. The highest BCUT2D eigenvalue weighted by Crippen LogP contribution is 2.36. The van der Waals surface area contributed by atoms with Gasteiger partial charge in [0.1, 0.15) is 5.75 Å². The Morgan fingerprint density at radius 2 is 2.05 bits per heavy atom. The van der Waals surface area contributed by atoms with Gasteiger partial charge < -0.3 is 15.3 Å². The SMILES string of the molecule is CN(CCNC1CCc2c(O)cccc21)C1CCCC1. The number of hydrogen-bond donors (Lipinski definition) is 2. The minimum Gasteiger partial charge on any atom is -0.508 e. The van der Waals surface area contributed by atoms with Crippen LogP contribution < -0.4 is 5.32 Å². The van der Waals surface area contributed by atoms with E-state index in [0.717, 1.165) is 37.5 Å². The van der Waals surface area contributed by atoms with Crippen LogP contribution in [-0.2, 0) is 6.42 Å². The maximum Gasteiger partial charge on any atom is 0.119 e. The summed E-state index contributed by atoms with van der Waals surface area (Å²) < 4.78 is 0. The predicted molar refractivity (Wildman–Crippen MR) is 82.1 cm³/mol. The number of fused-ring (bicyclic) bond motifs is 1. The Hall–Kier alpha value is -1.06. The van der Waals surface area contributed by atoms with Gasteiger partial charge in [0.15, 0.2) is 0 Å². The van der Waals surface area contributed by atoms with Gasteiger partial charge in [0.05, 0.1) is 0 Å². The van der Waals surface area contributed by atoms with E-state index in [-0.39, 0.29) is 0 Å². The van der Waals surface area contributed by atoms with Crippen LogP contribution in [0.2, 0.25) is 0 Å². The molecule has 1 aromatic rings. The van der Waals surface area contributed by atoms with Gasteiger partial charge in [-0.3, -0.25) is 0 Å². The van der Waals surface area contributed by atoms with E-state index in [1.54, 1.807) is 6.07 Å². The first-order valence-electron chi connectivity index (χ1n) is 8.00. The van der Waals surface area contributed by atoms with Crippen LogP contribution >= 0.6 is 0 Å². The van der Waals surface area contributed by atoms with Crippen molar-refractivity contribution in [3.8, 4) is 5.75 Å². The maximum atomic E-state index is 9.87. The van der Waals surface area contributed by atoms with Gasteiger partial charge in [0, 0.05) is 25.2 Å². The van der Waals surface area contributed by atoms with E-state index in [1.807, 2.05) is 6.07 Å². The van der Waals surface area contributed by atoms with Crippen LogP contribution in [-0.4, -0.2) is 36.2 Å². The Bertz CT molecular complexity index is 454. The first kappa shape index (κ1) is 13.9. The van der Waals surface area contributed by atoms with E-state index in [4.69, 9.17) is 0 Å². The van der Waals surface area contributed by atoms with E-state index in [1.165, 1.54) is 31.2 Å². The fourth-order valence-corrected chi connectivity index (χ4v) is 3.79. The van der Waals surface area contributed by atoms with Crippen LogP contribution in [0.4, 0.5) is 0 Å². The number of phenols is 1. The zero-order valence-electron chi connectivity index (χ0n) is 12.4. The molecule has 2 aliphatic rings. The van der Waals surface area contributed by atoms with Crippen molar-refractivity contribution in [2.24, 2.45) is 0 Å². The lowest BCUT2D eigenvalue weighted by Crippen LogP contribution is -2.36. The van der Waals surface area contributed by atoms with Gasteiger partial charge in [0.2, 0.25) is 0 Å². The molecule has 1 aromatic carbocycles. The van der Waals surface area contributed by atoms with Crippen molar-refractivity contribution in [1.82, 2.24) is 10.2 Å². The number of rotatable bonds is 5. The number of likely N-dealkylation sites (N-methyl/N-ethyl adjacent to an activating group) is 1. The first-order valence-corrected chi connectivity index (χ1v) is 8.00. The van der Waals surface area contributed by atoms with Crippen LogP contribution in [0.25, 0.3) is 0 Å². The summed E-state index contributed by atoms with van der Waals surface area (Å²) in [5.74, 6) is 0.467. The molecule has 2 aliphatic carbocycles. The predicted octanol–water partition coefficient (Wildman–Crippen LogP) is 2.84. The quantitative estimate of drug-likeness (QED) is 0.866. The highest BCUT2D eigenvalue weighted by molar-refractivity contribution is 5.44. The van der Waals surface area contributed by atoms with E-state index in [2.05, 4.69) is 23.3 Å². The average molecular weight is 274 g/mol. The molecule has 0 aliphatic heterocycles. The molecule has 0 bridgehead atoms. The average Bonchev–Trinajstić information content (AvgIpc) is 3.09. The molecule has 1 saturated carbocycles. The van der Waals surface area contributed by atoms with Gasteiger partial charge >= 0.3 is 0 Å². The third-order valence-electron chi connectivity index (χ3n) is 5.05. The monoisotopic (exact) mass is 274 g/mol. The second-order valence-electron chi connectivity index (χ2n) is 6.31. The Morgan fingerprint density at radius 3 is 2.85 bits per heavy atom. The Balaban J connectivity index is 1.49. The molecule has 1 unspecified atom stereocenters. The minimum atomic E-state index is 0.425. The summed E-state index contributed by atoms with van der Waals surface area (Å²) in [6.45, 7) is 2.15. The fraction of sp³-hybridized carbons (Fsp3) is 0.647. The van der Waals surface area contributed by atoms with Crippen molar-refractivity contribution < 1.29 is 5.11 Å². The van der Waals surface area contributed by atoms with E-state index < -0.39 is 0 Å². The van der Waals surface area contributed by atoms with Gasteiger partial charge in [-0.15, -0.1) is 0 Å². The normalized spacial score (nSPS) is 22.6. The highest BCUT2D eigenvalue weighted by atomic mass is 16.3. The zero-order chi connectivity index (χ0) is 13.9. The molecule has 110 valence electrons. The van der Waals surface area contributed by atoms with Crippen LogP contribution in [0.5, 0.6) is 5.75 Å². The zero-order valence-corrected chi connectivity index (χ0v) is 12.4. The van der Waals surface area contributed by atoms with Crippen LogP contribution in [0, 0.1) is 0 Å². The molecule has 3 nitrogen and oxygen atoms in total. The Kier molecular flexibility index (Phi) is 4.27. The van der Waals surface area contributed by atoms with Crippen molar-refractivity contribution in [3.63, 3.8) is 0 Å². The number of aromatic hydroxyl groups is 1. The molecule has 1 fully saturated rings. The van der Waals surface area contributed by atoms with Gasteiger partial charge in [-0.25, -0.2) is 0 Å². The number of benzene rings is 1. The standard InChI is InChI=1S/C17H26N2O/c1-19(13-5-2-3-6-13)12-11-18-16-10-9-15-14(16)7-4-8-17(15)20/h4,7-8,13,16,18,20H,2-3,5-6,9-12H2,1H3. The van der Waals surface area contributed by atoms with Crippen LogP contribution in [0.1, 0.15) is 49.3 Å². The molecule has 0 heterocycles. The minimum absolute atomic E-state index is 0.425. The Morgan fingerprint density at radius 1 is 1.25 bits per heavy atom. The largest absolute Gasteiger partial charge is 0.508 e. The molecule has 3 heteroatoms. The highest BCUT2D eigenvalue weighted by Gasteiger charge is 2.24. The van der Waals surface area contributed by atoms with Gasteiger partial charge in [-0.2, -0.15) is 0 Å². The van der Waals surface area contributed by atoms with E-state index in [9.17, 15) is 5.11 Å². The van der Waals surface area contributed by atoms with Crippen molar-refractivity contribution in [2.75, 3.05) is 20.1 Å². The summed E-state index contributed by atoms with van der Waals surface area (Å²) in [4.78, 5) is 2.51. The van der Waals surface area contributed by atoms with Gasteiger partial charge in [0.25, 0.3) is 0 Å². The van der Waals surface area contributed by atoms with E-state index >= 15 is 0 Å². The summed E-state index contributed by atoms with van der Waals surface area (Å²) in [5, 5.41) is 13.5. The molecular weight excluding hydrogens is 248 g/mol. The number of hydrogen-bond acceptors (Lipinski definition) is 3. The number of phenolic OH excluding ortho intramolecular Hbond substituents is 1. The van der Waals surface area contributed by atoms with E-state index in [0.29, 0.717) is 11.8 Å². The fourth-order valence-electron chi connectivity index (χ4n) is 3.79. The molecule has 3 rings (SSSR count). The summed E-state index contributed by atoms with van der Waals surface area (Å²) in [5.41, 5.74) is 2.45. The summed E-state index contributed by atoms with van der Waals surface area (Å²) in [6, 6.07) is 7.14. The molecule has 0 amide bonds. The molecular formula is C17H26N2O. The number of nitrogens with zero attached hydrogens (tertiary/aromatic N) is 1.